The Morgan fingerprint density at radius 1 is 0.971 bits per heavy atom. The van der Waals surface area contributed by atoms with E-state index in [9.17, 15) is 18.0 Å². The van der Waals surface area contributed by atoms with Crippen LogP contribution in [0.4, 0.5) is 29.3 Å². The molecule has 35 heavy (non-hydrogen) atoms. The van der Waals surface area contributed by atoms with E-state index in [1.165, 1.54) is 0 Å². The molecule has 2 aliphatic rings. The summed E-state index contributed by atoms with van der Waals surface area (Å²) >= 11 is 0. The summed E-state index contributed by atoms with van der Waals surface area (Å²) in [5.74, 6) is -1.19. The molecule has 0 unspecified atom stereocenters. The third-order valence-electron chi connectivity index (χ3n) is 6.91. The van der Waals surface area contributed by atoms with E-state index in [1.54, 1.807) is 0 Å². The highest BCUT2D eigenvalue weighted by Gasteiger charge is 2.41. The van der Waals surface area contributed by atoms with Crippen LogP contribution >= 0.6 is 0 Å². The van der Waals surface area contributed by atoms with Crippen molar-refractivity contribution in [1.82, 2.24) is 4.90 Å². The maximum atomic E-state index is 13.0. The SMILES string of the molecule is CC(C)(C)OC(=O)N(C1CCC(Nc2cccc(N3CCC(C(F)(F)F)CC3)c2)CC1)C(C)(C)C. The summed E-state index contributed by atoms with van der Waals surface area (Å²) in [4.78, 5) is 16.9. The summed E-state index contributed by atoms with van der Waals surface area (Å²) in [5, 5.41) is 3.62. The van der Waals surface area contributed by atoms with Gasteiger partial charge < -0.3 is 19.9 Å². The normalized spacial score (nSPS) is 22.6. The first-order valence-corrected chi connectivity index (χ1v) is 12.8. The fourth-order valence-corrected chi connectivity index (χ4v) is 5.25. The zero-order chi connectivity index (χ0) is 26.0. The van der Waals surface area contributed by atoms with Gasteiger partial charge in [0.15, 0.2) is 0 Å². The average molecular weight is 498 g/mol. The summed E-state index contributed by atoms with van der Waals surface area (Å²) in [6.07, 6.45) is -0.427. The molecule has 1 amide bonds. The molecule has 1 aromatic carbocycles. The highest BCUT2D eigenvalue weighted by atomic mass is 19.4. The lowest BCUT2D eigenvalue weighted by molar-refractivity contribution is -0.179. The molecule has 1 saturated heterocycles. The Balaban J connectivity index is 1.57. The molecule has 1 aliphatic heterocycles. The van der Waals surface area contributed by atoms with Gasteiger partial charge in [0.1, 0.15) is 5.60 Å². The third-order valence-corrected chi connectivity index (χ3v) is 6.91. The van der Waals surface area contributed by atoms with Gasteiger partial charge in [0.2, 0.25) is 0 Å². The molecule has 1 saturated carbocycles. The number of hydrogen-bond acceptors (Lipinski definition) is 4. The smallest absolute Gasteiger partial charge is 0.410 e. The number of amides is 1. The van der Waals surface area contributed by atoms with Gasteiger partial charge in [-0.3, -0.25) is 0 Å². The number of piperidine rings is 1. The highest BCUT2D eigenvalue weighted by molar-refractivity contribution is 5.69. The standard InChI is InChI=1S/C27H42F3N3O2/c1-25(2,3)33(24(34)35-26(4,5)6)22-12-10-20(11-13-22)31-21-8-7-9-23(18-21)32-16-14-19(15-17-32)27(28,29)30/h7-9,18-20,22,31H,10-17H2,1-6H3. The number of anilines is 2. The first kappa shape index (κ1) is 27.5. The maximum Gasteiger partial charge on any atom is 0.410 e. The molecule has 1 aromatic rings. The van der Waals surface area contributed by atoms with Gasteiger partial charge in [-0.2, -0.15) is 13.2 Å². The van der Waals surface area contributed by atoms with Crippen LogP contribution in [0.1, 0.15) is 80.1 Å². The predicted octanol–water partition coefficient (Wildman–Crippen LogP) is 7.22. The molecule has 8 heteroatoms. The van der Waals surface area contributed by atoms with Crippen molar-refractivity contribution in [2.45, 2.75) is 109 Å². The van der Waals surface area contributed by atoms with E-state index in [1.807, 2.05) is 75.6 Å². The molecule has 0 aromatic heterocycles. The van der Waals surface area contributed by atoms with E-state index >= 15 is 0 Å². The molecule has 3 rings (SSSR count). The summed E-state index contributed by atoms with van der Waals surface area (Å²) in [5.41, 5.74) is 1.09. The first-order chi connectivity index (χ1) is 16.1. The minimum absolute atomic E-state index is 0.129. The van der Waals surface area contributed by atoms with E-state index in [0.29, 0.717) is 13.1 Å². The molecule has 0 atom stereocenters. The second kappa shape index (κ2) is 10.5. The van der Waals surface area contributed by atoms with Crippen molar-refractivity contribution >= 4 is 17.5 Å². The lowest BCUT2D eigenvalue weighted by atomic mass is 9.88. The molecular weight excluding hydrogens is 455 g/mol. The van der Waals surface area contributed by atoms with E-state index in [0.717, 1.165) is 37.1 Å². The fourth-order valence-electron chi connectivity index (χ4n) is 5.25. The summed E-state index contributed by atoms with van der Waals surface area (Å²) in [7, 11) is 0. The molecule has 1 N–H and O–H groups in total. The van der Waals surface area contributed by atoms with Gasteiger partial charge in [0.05, 0.1) is 5.92 Å². The van der Waals surface area contributed by atoms with Crippen molar-refractivity contribution in [3.05, 3.63) is 24.3 Å². The molecular formula is C27H42F3N3O2. The lowest BCUT2D eigenvalue weighted by Crippen LogP contribution is -2.54. The Morgan fingerprint density at radius 2 is 1.57 bits per heavy atom. The molecule has 1 aliphatic carbocycles. The van der Waals surface area contributed by atoms with E-state index < -0.39 is 17.7 Å². The van der Waals surface area contributed by atoms with Crippen molar-refractivity contribution in [2.24, 2.45) is 5.92 Å². The van der Waals surface area contributed by atoms with Gasteiger partial charge in [0, 0.05) is 42.1 Å². The van der Waals surface area contributed by atoms with Crippen molar-refractivity contribution in [3.63, 3.8) is 0 Å². The van der Waals surface area contributed by atoms with Gasteiger partial charge in [-0.25, -0.2) is 4.79 Å². The van der Waals surface area contributed by atoms with E-state index in [4.69, 9.17) is 4.74 Å². The molecule has 0 radical (unpaired) electrons. The zero-order valence-corrected chi connectivity index (χ0v) is 22.0. The number of carbonyl (C=O) groups excluding carboxylic acids is 1. The number of hydrogen-bond donors (Lipinski definition) is 1. The van der Waals surface area contributed by atoms with Gasteiger partial charge in [-0.1, -0.05) is 6.07 Å². The molecule has 0 bridgehead atoms. The van der Waals surface area contributed by atoms with Crippen LogP contribution < -0.4 is 10.2 Å². The second-order valence-electron chi connectivity index (χ2n) is 12.0. The van der Waals surface area contributed by atoms with Crippen molar-refractivity contribution in [2.75, 3.05) is 23.3 Å². The first-order valence-electron chi connectivity index (χ1n) is 12.8. The third kappa shape index (κ3) is 7.68. The van der Waals surface area contributed by atoms with E-state index in [-0.39, 0.29) is 36.6 Å². The number of rotatable bonds is 4. The van der Waals surface area contributed by atoms with Crippen LogP contribution in [-0.4, -0.2) is 53.5 Å². The fraction of sp³-hybridized carbons (Fsp3) is 0.741. The minimum atomic E-state index is -4.10. The van der Waals surface area contributed by atoms with Crippen LogP contribution in [0.3, 0.4) is 0 Å². The Kier molecular flexibility index (Phi) is 8.22. The number of ether oxygens (including phenoxy) is 1. The van der Waals surface area contributed by atoms with Crippen LogP contribution in [0.15, 0.2) is 24.3 Å². The van der Waals surface area contributed by atoms with Crippen molar-refractivity contribution in [1.29, 1.82) is 0 Å². The number of halogens is 3. The summed E-state index contributed by atoms with van der Waals surface area (Å²) in [6.45, 7) is 12.6. The largest absolute Gasteiger partial charge is 0.444 e. The number of alkyl halides is 3. The number of nitrogens with zero attached hydrogens (tertiary/aromatic N) is 2. The van der Waals surface area contributed by atoms with Gasteiger partial charge in [0.25, 0.3) is 0 Å². The Hall–Kier alpha value is -2.12. The molecule has 1 heterocycles. The number of carbonyl (C=O) groups is 1. The maximum absolute atomic E-state index is 13.0. The highest BCUT2D eigenvalue weighted by Crippen LogP contribution is 2.36. The van der Waals surface area contributed by atoms with Gasteiger partial charge >= 0.3 is 12.3 Å². The average Bonchev–Trinajstić information content (AvgIpc) is 2.72. The molecule has 2 fully saturated rings. The van der Waals surface area contributed by atoms with Crippen LogP contribution in [0, 0.1) is 5.92 Å². The second-order valence-corrected chi connectivity index (χ2v) is 12.0. The summed E-state index contributed by atoms with van der Waals surface area (Å²) in [6, 6.07) is 8.41. The minimum Gasteiger partial charge on any atom is -0.444 e. The van der Waals surface area contributed by atoms with Crippen molar-refractivity contribution in [3.8, 4) is 0 Å². The number of nitrogens with one attached hydrogen (secondary N) is 1. The molecule has 198 valence electrons. The van der Waals surface area contributed by atoms with Gasteiger partial charge in [-0.05, 0) is 98.3 Å². The van der Waals surface area contributed by atoms with Gasteiger partial charge in [-0.15, -0.1) is 0 Å². The van der Waals surface area contributed by atoms with Crippen LogP contribution in [0.25, 0.3) is 0 Å². The summed E-state index contributed by atoms with van der Waals surface area (Å²) < 4.78 is 44.7. The van der Waals surface area contributed by atoms with Crippen molar-refractivity contribution < 1.29 is 22.7 Å². The molecule has 5 nitrogen and oxygen atoms in total. The quantitative estimate of drug-likeness (QED) is 0.477. The Labute approximate surface area is 208 Å². The molecule has 0 spiro atoms. The monoisotopic (exact) mass is 497 g/mol. The topological polar surface area (TPSA) is 44.8 Å². The van der Waals surface area contributed by atoms with E-state index in [2.05, 4.69) is 5.32 Å². The number of benzene rings is 1. The zero-order valence-electron chi connectivity index (χ0n) is 22.0. The lowest BCUT2D eigenvalue weighted by Gasteiger charge is -2.44. The Morgan fingerprint density at radius 3 is 2.09 bits per heavy atom. The Bertz CT molecular complexity index is 844. The van der Waals surface area contributed by atoms with Crippen LogP contribution in [-0.2, 0) is 4.74 Å². The van der Waals surface area contributed by atoms with Crippen LogP contribution in [0.5, 0.6) is 0 Å². The predicted molar refractivity (Wildman–Crippen MR) is 135 cm³/mol. The van der Waals surface area contributed by atoms with Crippen LogP contribution in [0.2, 0.25) is 0 Å².